The molecule has 0 aromatic carbocycles. The molecular formula is C6H3ClN2O2S2. The van der Waals surface area contributed by atoms with Gasteiger partial charge in [-0.3, -0.25) is 0 Å². The number of rotatable bonds is 1. The molecule has 0 amide bonds. The highest BCUT2D eigenvalue weighted by atomic mass is 35.7. The average Bonchev–Trinajstić information content (AvgIpc) is 2.45. The molecule has 68 valence electrons. The van der Waals surface area contributed by atoms with Crippen LogP contribution in [0.2, 0.25) is 0 Å². The summed E-state index contributed by atoms with van der Waals surface area (Å²) in [5.41, 5.74) is 0.597. The Hall–Kier alpha value is -0.720. The Kier molecular flexibility index (Phi) is 1.98. The van der Waals surface area contributed by atoms with Crippen molar-refractivity contribution >= 4 is 41.3 Å². The Labute approximate surface area is 82.6 Å². The number of halogens is 1. The highest BCUT2D eigenvalue weighted by molar-refractivity contribution is 8.15. The third kappa shape index (κ3) is 1.65. The Morgan fingerprint density at radius 3 is 2.85 bits per heavy atom. The largest absolute Gasteiger partial charge is 0.270 e. The standard InChI is InChI=1S/C6H3ClN2O2S2/c7-13(10,11)6-1-4-5(12-6)2-8-3-9-4/h1-3H. The van der Waals surface area contributed by atoms with Gasteiger partial charge in [0.15, 0.2) is 0 Å². The van der Waals surface area contributed by atoms with Crippen molar-refractivity contribution in [1.82, 2.24) is 9.97 Å². The minimum absolute atomic E-state index is 0.102. The summed E-state index contributed by atoms with van der Waals surface area (Å²) in [5.74, 6) is 0. The number of hydrogen-bond donors (Lipinski definition) is 0. The van der Waals surface area contributed by atoms with Gasteiger partial charge in [0.25, 0.3) is 9.05 Å². The lowest BCUT2D eigenvalue weighted by Gasteiger charge is -1.83. The van der Waals surface area contributed by atoms with Gasteiger partial charge in [-0.15, -0.1) is 11.3 Å². The third-order valence-corrected chi connectivity index (χ3v) is 4.55. The van der Waals surface area contributed by atoms with E-state index in [9.17, 15) is 8.42 Å². The molecule has 0 bridgehead atoms. The quantitative estimate of drug-likeness (QED) is 0.704. The second-order valence-corrected chi connectivity index (χ2v) is 6.15. The highest BCUT2D eigenvalue weighted by Gasteiger charge is 2.14. The van der Waals surface area contributed by atoms with Gasteiger partial charge in [-0.2, -0.15) is 0 Å². The van der Waals surface area contributed by atoms with Crippen LogP contribution in [0.3, 0.4) is 0 Å². The first-order valence-electron chi connectivity index (χ1n) is 3.21. The maximum Gasteiger partial charge on any atom is 0.270 e. The molecular weight excluding hydrogens is 232 g/mol. The molecule has 2 heterocycles. The molecule has 0 saturated heterocycles. The Morgan fingerprint density at radius 1 is 1.46 bits per heavy atom. The molecule has 0 radical (unpaired) electrons. The maximum absolute atomic E-state index is 10.9. The molecule has 2 aromatic rings. The van der Waals surface area contributed by atoms with Gasteiger partial charge in [-0.05, 0) is 6.07 Å². The molecule has 0 aliphatic carbocycles. The van der Waals surface area contributed by atoms with Gasteiger partial charge in [0.1, 0.15) is 10.5 Å². The van der Waals surface area contributed by atoms with E-state index in [4.69, 9.17) is 10.7 Å². The molecule has 0 saturated carbocycles. The fourth-order valence-electron chi connectivity index (χ4n) is 0.883. The Balaban J connectivity index is 2.77. The maximum atomic E-state index is 10.9. The molecule has 0 N–H and O–H groups in total. The Bertz CT molecular complexity index is 516. The second-order valence-electron chi connectivity index (χ2n) is 2.28. The van der Waals surface area contributed by atoms with Gasteiger partial charge >= 0.3 is 0 Å². The lowest BCUT2D eigenvalue weighted by molar-refractivity contribution is 0.611. The van der Waals surface area contributed by atoms with Crippen LogP contribution in [0.1, 0.15) is 0 Å². The summed E-state index contributed by atoms with van der Waals surface area (Å²) >= 11 is 1.06. The van der Waals surface area contributed by atoms with Crippen LogP contribution in [-0.4, -0.2) is 18.4 Å². The third-order valence-electron chi connectivity index (χ3n) is 1.41. The summed E-state index contributed by atoms with van der Waals surface area (Å²) in [6.45, 7) is 0. The number of nitrogens with zero attached hydrogens (tertiary/aromatic N) is 2. The van der Waals surface area contributed by atoms with Gasteiger partial charge in [-0.25, -0.2) is 18.4 Å². The zero-order valence-electron chi connectivity index (χ0n) is 6.14. The predicted octanol–water partition coefficient (Wildman–Crippen LogP) is 1.62. The van der Waals surface area contributed by atoms with Crippen LogP contribution in [0.25, 0.3) is 10.2 Å². The molecule has 0 spiro atoms. The molecule has 4 nitrogen and oxygen atoms in total. The van der Waals surface area contributed by atoms with Crippen LogP contribution in [0, 0.1) is 0 Å². The van der Waals surface area contributed by atoms with E-state index in [0.29, 0.717) is 10.2 Å². The normalized spacial score (nSPS) is 12.1. The molecule has 2 rings (SSSR count). The van der Waals surface area contributed by atoms with E-state index in [1.54, 1.807) is 6.20 Å². The summed E-state index contributed by atoms with van der Waals surface area (Å²) < 4.78 is 22.7. The highest BCUT2D eigenvalue weighted by Crippen LogP contribution is 2.28. The zero-order chi connectivity index (χ0) is 9.47. The van der Waals surface area contributed by atoms with E-state index in [1.807, 2.05) is 0 Å². The molecule has 0 aliphatic rings. The molecule has 7 heteroatoms. The van der Waals surface area contributed by atoms with Crippen molar-refractivity contribution in [3.8, 4) is 0 Å². The van der Waals surface area contributed by atoms with Gasteiger partial charge in [0.05, 0.1) is 10.2 Å². The first-order chi connectivity index (χ1) is 6.07. The van der Waals surface area contributed by atoms with Crippen molar-refractivity contribution in [2.75, 3.05) is 0 Å². The molecule has 0 atom stereocenters. The molecule has 0 fully saturated rings. The van der Waals surface area contributed by atoms with Crippen LogP contribution < -0.4 is 0 Å². The van der Waals surface area contributed by atoms with Crippen molar-refractivity contribution < 1.29 is 8.42 Å². The second kappa shape index (κ2) is 2.90. The smallest absolute Gasteiger partial charge is 0.243 e. The SMILES string of the molecule is O=S(=O)(Cl)c1cc2ncncc2s1. The summed E-state index contributed by atoms with van der Waals surface area (Å²) in [7, 11) is 1.52. The summed E-state index contributed by atoms with van der Waals surface area (Å²) in [6.07, 6.45) is 2.91. The zero-order valence-corrected chi connectivity index (χ0v) is 8.53. The van der Waals surface area contributed by atoms with Crippen LogP contribution in [0.4, 0.5) is 0 Å². The number of hydrogen-bond acceptors (Lipinski definition) is 5. The number of fused-ring (bicyclic) bond motifs is 1. The minimum Gasteiger partial charge on any atom is -0.243 e. The van der Waals surface area contributed by atoms with Crippen LogP contribution >= 0.6 is 22.0 Å². The summed E-state index contributed by atoms with van der Waals surface area (Å²) in [4.78, 5) is 7.66. The van der Waals surface area contributed by atoms with Gasteiger partial charge < -0.3 is 0 Å². The lowest BCUT2D eigenvalue weighted by Crippen LogP contribution is -1.83. The van der Waals surface area contributed by atoms with Crippen LogP contribution in [0.15, 0.2) is 22.8 Å². The van der Waals surface area contributed by atoms with Crippen LogP contribution in [0.5, 0.6) is 0 Å². The van der Waals surface area contributed by atoms with E-state index in [1.165, 1.54) is 12.4 Å². The summed E-state index contributed by atoms with van der Waals surface area (Å²) in [5, 5.41) is 0. The number of aromatic nitrogens is 2. The van der Waals surface area contributed by atoms with Crippen LogP contribution in [-0.2, 0) is 9.05 Å². The molecule has 13 heavy (non-hydrogen) atoms. The monoisotopic (exact) mass is 234 g/mol. The Morgan fingerprint density at radius 2 is 2.23 bits per heavy atom. The lowest BCUT2D eigenvalue weighted by atomic mass is 10.5. The fourth-order valence-corrected chi connectivity index (χ4v) is 2.94. The topological polar surface area (TPSA) is 59.9 Å². The number of thiophene rings is 1. The molecule has 0 aliphatic heterocycles. The van der Waals surface area contributed by atoms with E-state index in [-0.39, 0.29) is 4.21 Å². The van der Waals surface area contributed by atoms with Gasteiger partial charge in [0.2, 0.25) is 0 Å². The first kappa shape index (κ1) is 8.86. The van der Waals surface area contributed by atoms with Gasteiger partial charge in [-0.1, -0.05) is 0 Å². The van der Waals surface area contributed by atoms with E-state index in [0.717, 1.165) is 11.3 Å². The predicted molar refractivity (Wildman–Crippen MR) is 50.5 cm³/mol. The van der Waals surface area contributed by atoms with E-state index >= 15 is 0 Å². The molecule has 0 unspecified atom stereocenters. The fraction of sp³-hybridized carbons (Fsp3) is 0. The van der Waals surface area contributed by atoms with Crippen molar-refractivity contribution in [3.05, 3.63) is 18.6 Å². The van der Waals surface area contributed by atoms with E-state index < -0.39 is 9.05 Å². The summed E-state index contributed by atoms with van der Waals surface area (Å²) in [6, 6.07) is 1.43. The van der Waals surface area contributed by atoms with Crippen molar-refractivity contribution in [1.29, 1.82) is 0 Å². The van der Waals surface area contributed by atoms with Gasteiger partial charge in [0, 0.05) is 16.9 Å². The van der Waals surface area contributed by atoms with E-state index in [2.05, 4.69) is 9.97 Å². The van der Waals surface area contributed by atoms with Crippen molar-refractivity contribution in [2.45, 2.75) is 4.21 Å². The minimum atomic E-state index is -3.64. The van der Waals surface area contributed by atoms with Crippen molar-refractivity contribution in [3.63, 3.8) is 0 Å². The molecule has 2 aromatic heterocycles. The average molecular weight is 235 g/mol. The van der Waals surface area contributed by atoms with Crippen molar-refractivity contribution in [2.24, 2.45) is 0 Å². The first-order valence-corrected chi connectivity index (χ1v) is 6.34.